The van der Waals surface area contributed by atoms with Gasteiger partial charge in [0.05, 0.1) is 0 Å². The summed E-state index contributed by atoms with van der Waals surface area (Å²) in [5.41, 5.74) is 9.35. The molecule has 1 atom stereocenters. The van der Waals surface area contributed by atoms with Gasteiger partial charge in [0.2, 0.25) is 0 Å². The predicted molar refractivity (Wildman–Crippen MR) is 67.6 cm³/mol. The number of nitrogens with zero attached hydrogens (tertiary/aromatic N) is 2. The highest BCUT2D eigenvalue weighted by molar-refractivity contribution is 5.26. The number of hydrogen-bond donors (Lipinski definition) is 1. The topological polar surface area (TPSA) is 51.8 Å². The number of rotatable bonds is 4. The second kappa shape index (κ2) is 5.39. The van der Waals surface area contributed by atoms with E-state index in [4.69, 9.17) is 5.73 Å². The molecule has 90 valence electrons. The lowest BCUT2D eigenvalue weighted by Crippen LogP contribution is -2.17. The van der Waals surface area contributed by atoms with Crippen molar-refractivity contribution in [3.63, 3.8) is 0 Å². The Kier molecular flexibility index (Phi) is 4.42. The Labute approximate surface area is 98.5 Å². The van der Waals surface area contributed by atoms with Gasteiger partial charge in [-0.05, 0) is 45.1 Å². The lowest BCUT2D eigenvalue weighted by molar-refractivity contribution is 0.648. The third kappa shape index (κ3) is 3.27. The van der Waals surface area contributed by atoms with E-state index in [9.17, 15) is 0 Å². The van der Waals surface area contributed by atoms with Gasteiger partial charge in [0.15, 0.2) is 0 Å². The molecule has 0 radical (unpaired) electrons. The molecule has 0 aliphatic rings. The minimum Gasteiger partial charge on any atom is -0.328 e. The summed E-state index contributed by atoms with van der Waals surface area (Å²) in [6, 6.07) is 0.233. The van der Waals surface area contributed by atoms with Gasteiger partial charge in [0, 0.05) is 17.4 Å². The maximum atomic E-state index is 5.78. The van der Waals surface area contributed by atoms with Gasteiger partial charge < -0.3 is 5.73 Å². The van der Waals surface area contributed by atoms with Gasteiger partial charge in [-0.25, -0.2) is 9.97 Å². The molecule has 1 rings (SSSR count). The summed E-state index contributed by atoms with van der Waals surface area (Å²) in [6.07, 6.45) is 1.93. The number of nitrogens with two attached hydrogens (primary N) is 1. The first-order valence-corrected chi connectivity index (χ1v) is 6.01. The Balaban J connectivity index is 2.99. The maximum Gasteiger partial charge on any atom is 0.125 e. The molecule has 3 nitrogen and oxygen atoms in total. The molecule has 1 aromatic rings. The SMILES string of the molecule is Cc1nc(CCC(C)N)c(C)c(C(C)C)n1. The largest absolute Gasteiger partial charge is 0.328 e. The molecular weight excluding hydrogens is 198 g/mol. The molecule has 0 saturated carbocycles. The summed E-state index contributed by atoms with van der Waals surface area (Å²) >= 11 is 0. The van der Waals surface area contributed by atoms with Crippen LogP contribution < -0.4 is 5.73 Å². The van der Waals surface area contributed by atoms with Crippen LogP contribution in [0.25, 0.3) is 0 Å². The van der Waals surface area contributed by atoms with E-state index in [-0.39, 0.29) is 6.04 Å². The highest BCUT2D eigenvalue weighted by Crippen LogP contribution is 2.20. The lowest BCUT2D eigenvalue weighted by atomic mass is 10.0. The molecule has 1 unspecified atom stereocenters. The fourth-order valence-corrected chi connectivity index (χ4v) is 1.88. The molecule has 0 amide bonds. The molecule has 0 spiro atoms. The van der Waals surface area contributed by atoms with E-state index in [1.807, 2.05) is 13.8 Å². The normalized spacial score (nSPS) is 13.2. The molecule has 3 heteroatoms. The molecule has 0 aliphatic heterocycles. The van der Waals surface area contributed by atoms with Crippen LogP contribution in [-0.2, 0) is 6.42 Å². The third-order valence-electron chi connectivity index (χ3n) is 2.78. The number of aromatic nitrogens is 2. The Morgan fingerprint density at radius 2 is 1.75 bits per heavy atom. The highest BCUT2D eigenvalue weighted by Gasteiger charge is 2.12. The van der Waals surface area contributed by atoms with Crippen molar-refractivity contribution >= 4 is 0 Å². The predicted octanol–water partition coefficient (Wildman–Crippen LogP) is 2.50. The van der Waals surface area contributed by atoms with Crippen molar-refractivity contribution in [2.24, 2.45) is 5.73 Å². The van der Waals surface area contributed by atoms with Gasteiger partial charge in [-0.1, -0.05) is 13.8 Å². The molecule has 0 fully saturated rings. The average molecular weight is 221 g/mol. The van der Waals surface area contributed by atoms with E-state index in [1.54, 1.807) is 0 Å². The minimum absolute atomic E-state index is 0.233. The van der Waals surface area contributed by atoms with Gasteiger partial charge in [0.25, 0.3) is 0 Å². The van der Waals surface area contributed by atoms with Crippen LogP contribution in [-0.4, -0.2) is 16.0 Å². The van der Waals surface area contributed by atoms with Crippen LogP contribution in [0, 0.1) is 13.8 Å². The lowest BCUT2D eigenvalue weighted by Gasteiger charge is -2.14. The van der Waals surface area contributed by atoms with Crippen LogP contribution in [0.4, 0.5) is 0 Å². The van der Waals surface area contributed by atoms with Gasteiger partial charge >= 0.3 is 0 Å². The second-order valence-electron chi connectivity index (χ2n) is 4.90. The van der Waals surface area contributed by atoms with Crippen molar-refractivity contribution in [3.8, 4) is 0 Å². The molecule has 0 saturated heterocycles. The Morgan fingerprint density at radius 3 is 2.25 bits per heavy atom. The molecule has 0 bridgehead atoms. The summed E-state index contributed by atoms with van der Waals surface area (Å²) in [5, 5.41) is 0. The van der Waals surface area contributed by atoms with E-state index >= 15 is 0 Å². The van der Waals surface area contributed by atoms with Crippen LogP contribution >= 0.6 is 0 Å². The third-order valence-corrected chi connectivity index (χ3v) is 2.78. The second-order valence-corrected chi connectivity index (χ2v) is 4.90. The molecule has 1 aromatic heterocycles. The quantitative estimate of drug-likeness (QED) is 0.850. The van der Waals surface area contributed by atoms with Crippen molar-refractivity contribution in [3.05, 3.63) is 22.8 Å². The summed E-state index contributed by atoms with van der Waals surface area (Å²) in [6.45, 7) is 10.5. The molecule has 1 heterocycles. The summed E-state index contributed by atoms with van der Waals surface area (Å²) in [7, 11) is 0. The smallest absolute Gasteiger partial charge is 0.125 e. The van der Waals surface area contributed by atoms with Crippen molar-refractivity contribution in [2.45, 2.75) is 59.4 Å². The van der Waals surface area contributed by atoms with Crippen molar-refractivity contribution < 1.29 is 0 Å². The zero-order valence-corrected chi connectivity index (χ0v) is 11.0. The zero-order valence-electron chi connectivity index (χ0n) is 11.0. The van der Waals surface area contributed by atoms with E-state index in [2.05, 4.69) is 30.7 Å². The maximum absolute atomic E-state index is 5.78. The number of aryl methyl sites for hydroxylation is 2. The Morgan fingerprint density at radius 1 is 1.12 bits per heavy atom. The van der Waals surface area contributed by atoms with Gasteiger partial charge in [0.1, 0.15) is 5.82 Å². The molecule has 2 N–H and O–H groups in total. The van der Waals surface area contributed by atoms with Crippen LogP contribution in [0.15, 0.2) is 0 Å². The first-order chi connectivity index (χ1) is 7.41. The van der Waals surface area contributed by atoms with Crippen LogP contribution in [0.3, 0.4) is 0 Å². The van der Waals surface area contributed by atoms with E-state index < -0.39 is 0 Å². The van der Waals surface area contributed by atoms with Crippen molar-refractivity contribution in [2.75, 3.05) is 0 Å². The fourth-order valence-electron chi connectivity index (χ4n) is 1.88. The zero-order chi connectivity index (χ0) is 12.3. The fraction of sp³-hybridized carbons (Fsp3) is 0.692. The highest BCUT2D eigenvalue weighted by atomic mass is 14.9. The molecule has 0 aromatic carbocycles. The summed E-state index contributed by atoms with van der Waals surface area (Å²) in [5.74, 6) is 1.32. The van der Waals surface area contributed by atoms with Crippen LogP contribution in [0.5, 0.6) is 0 Å². The van der Waals surface area contributed by atoms with Gasteiger partial charge in [-0.3, -0.25) is 0 Å². The first kappa shape index (κ1) is 13.1. The summed E-state index contributed by atoms with van der Waals surface area (Å²) < 4.78 is 0. The summed E-state index contributed by atoms with van der Waals surface area (Å²) in [4.78, 5) is 9.04. The van der Waals surface area contributed by atoms with Gasteiger partial charge in [-0.15, -0.1) is 0 Å². The standard InChI is InChI=1S/C13H23N3/c1-8(2)13-10(4)12(7-6-9(3)14)15-11(5)16-13/h8-9H,6-7,14H2,1-5H3. The van der Waals surface area contributed by atoms with E-state index in [0.717, 1.165) is 24.4 Å². The van der Waals surface area contributed by atoms with Crippen LogP contribution in [0.2, 0.25) is 0 Å². The van der Waals surface area contributed by atoms with Crippen molar-refractivity contribution in [1.29, 1.82) is 0 Å². The molecular formula is C13H23N3. The average Bonchev–Trinajstić information content (AvgIpc) is 2.18. The number of hydrogen-bond acceptors (Lipinski definition) is 3. The monoisotopic (exact) mass is 221 g/mol. The first-order valence-electron chi connectivity index (χ1n) is 6.01. The minimum atomic E-state index is 0.233. The van der Waals surface area contributed by atoms with E-state index in [0.29, 0.717) is 5.92 Å². The Hall–Kier alpha value is -0.960. The molecule has 0 aliphatic carbocycles. The Bertz CT molecular complexity index is 356. The van der Waals surface area contributed by atoms with Crippen LogP contribution in [0.1, 0.15) is 55.9 Å². The van der Waals surface area contributed by atoms with Crippen molar-refractivity contribution in [1.82, 2.24) is 9.97 Å². The molecule has 16 heavy (non-hydrogen) atoms. The van der Waals surface area contributed by atoms with E-state index in [1.165, 1.54) is 11.3 Å². The van der Waals surface area contributed by atoms with Gasteiger partial charge in [-0.2, -0.15) is 0 Å².